The Bertz CT molecular complexity index is 497. The van der Waals surface area contributed by atoms with Crippen molar-refractivity contribution in [2.75, 3.05) is 0 Å². The van der Waals surface area contributed by atoms with Crippen LogP contribution < -0.4 is 10.6 Å². The van der Waals surface area contributed by atoms with Gasteiger partial charge < -0.3 is 10.6 Å². The van der Waals surface area contributed by atoms with Gasteiger partial charge in [0.1, 0.15) is 0 Å². The van der Waals surface area contributed by atoms with Crippen LogP contribution in [0.1, 0.15) is 57.6 Å². The van der Waals surface area contributed by atoms with Crippen LogP contribution in [0.4, 0.5) is 0 Å². The van der Waals surface area contributed by atoms with E-state index < -0.39 is 0 Å². The Labute approximate surface area is 133 Å². The molecule has 2 saturated carbocycles. The van der Waals surface area contributed by atoms with Crippen molar-refractivity contribution in [3.8, 4) is 0 Å². The summed E-state index contributed by atoms with van der Waals surface area (Å²) in [5, 5.41) is 5.54. The van der Waals surface area contributed by atoms with Crippen LogP contribution in [-0.2, 0) is 4.79 Å². The molecular formula is C19H29N2O+. The van der Waals surface area contributed by atoms with E-state index in [0.717, 1.165) is 24.3 Å². The van der Waals surface area contributed by atoms with E-state index in [1.807, 2.05) is 18.2 Å². The van der Waals surface area contributed by atoms with Gasteiger partial charge in [0.2, 0.25) is 0 Å². The smallest absolute Gasteiger partial charge is 0.283 e. The summed E-state index contributed by atoms with van der Waals surface area (Å²) in [5.41, 5.74) is 1.13. The van der Waals surface area contributed by atoms with E-state index in [1.165, 1.54) is 19.3 Å². The number of carbonyl (C=O) groups excluding carboxylic acids is 1. The molecule has 0 saturated heterocycles. The third-order valence-corrected chi connectivity index (χ3v) is 5.57. The number of nitrogens with one attached hydrogen (secondary N) is 1. The van der Waals surface area contributed by atoms with Gasteiger partial charge in [-0.1, -0.05) is 44.2 Å². The Balaban J connectivity index is 1.74. The molecule has 2 aliphatic rings. The number of amides is 1. The van der Waals surface area contributed by atoms with Gasteiger partial charge in [0.15, 0.2) is 6.04 Å². The molecule has 120 valence electrons. The van der Waals surface area contributed by atoms with Crippen LogP contribution in [0.5, 0.6) is 0 Å². The first kappa shape index (κ1) is 15.5. The number of carbonyl (C=O) groups is 1. The molecule has 1 aromatic rings. The normalized spacial score (nSPS) is 29.8. The largest absolute Gasteiger partial charge is 0.348 e. The van der Waals surface area contributed by atoms with Crippen LogP contribution in [0.15, 0.2) is 30.3 Å². The predicted octanol–water partition coefficient (Wildman–Crippen LogP) is 2.39. The summed E-state index contributed by atoms with van der Waals surface area (Å²) in [6.07, 6.45) is 6.13. The highest BCUT2D eigenvalue weighted by molar-refractivity contribution is 5.82. The molecule has 2 fully saturated rings. The van der Waals surface area contributed by atoms with Crippen LogP contribution in [0, 0.1) is 11.8 Å². The Kier molecular flexibility index (Phi) is 4.82. The van der Waals surface area contributed by atoms with Crippen LogP contribution in [0.3, 0.4) is 0 Å². The van der Waals surface area contributed by atoms with Crippen molar-refractivity contribution in [3.63, 3.8) is 0 Å². The molecule has 3 nitrogen and oxygen atoms in total. The zero-order valence-corrected chi connectivity index (χ0v) is 13.8. The third kappa shape index (κ3) is 3.70. The van der Waals surface area contributed by atoms with Gasteiger partial charge in [0, 0.05) is 17.5 Å². The molecule has 0 radical (unpaired) electrons. The Morgan fingerprint density at radius 2 is 1.86 bits per heavy atom. The maximum Gasteiger partial charge on any atom is 0.283 e. The summed E-state index contributed by atoms with van der Waals surface area (Å²) in [6.45, 7) is 4.71. The molecule has 0 spiro atoms. The molecule has 2 aliphatic carbocycles. The minimum Gasteiger partial charge on any atom is -0.348 e. The van der Waals surface area contributed by atoms with E-state index in [4.69, 9.17) is 0 Å². The minimum atomic E-state index is -0.0976. The fraction of sp³-hybridized carbons (Fsp3) is 0.632. The number of rotatable bonds is 5. The van der Waals surface area contributed by atoms with Crippen molar-refractivity contribution in [1.29, 1.82) is 0 Å². The van der Waals surface area contributed by atoms with E-state index in [1.54, 1.807) is 0 Å². The molecule has 0 heterocycles. The Morgan fingerprint density at radius 1 is 1.14 bits per heavy atom. The standard InChI is InChI=1S/C19H28N2O/c1-13-7-6-10-17(14(13)2)21-18(15-8-4-3-5-9-15)19(22)20-16-11-12-16/h3-5,8-9,13-14,16-18,21H,6-7,10-12H2,1-2H3,(H,20,22)/p+1/t13-,14+,17-,18-/m0/s1. The predicted molar refractivity (Wildman–Crippen MR) is 88.2 cm³/mol. The fourth-order valence-electron chi connectivity index (χ4n) is 3.67. The van der Waals surface area contributed by atoms with Crippen LogP contribution in [0.25, 0.3) is 0 Å². The molecular weight excluding hydrogens is 272 g/mol. The van der Waals surface area contributed by atoms with Crippen LogP contribution in [0.2, 0.25) is 0 Å². The molecule has 0 unspecified atom stereocenters. The molecule has 3 heteroatoms. The van der Waals surface area contributed by atoms with Gasteiger partial charge in [-0.2, -0.15) is 0 Å². The van der Waals surface area contributed by atoms with Gasteiger partial charge in [-0.05, 0) is 38.0 Å². The fourth-order valence-corrected chi connectivity index (χ4v) is 3.67. The number of hydrogen-bond donors (Lipinski definition) is 2. The zero-order valence-electron chi connectivity index (χ0n) is 13.8. The van der Waals surface area contributed by atoms with Crippen molar-refractivity contribution in [1.82, 2.24) is 5.32 Å². The second kappa shape index (κ2) is 6.82. The first-order valence-corrected chi connectivity index (χ1v) is 8.85. The molecule has 0 aromatic heterocycles. The number of quaternary nitrogens is 1. The lowest BCUT2D eigenvalue weighted by atomic mass is 9.77. The van der Waals surface area contributed by atoms with Crippen molar-refractivity contribution in [2.24, 2.45) is 11.8 Å². The minimum absolute atomic E-state index is 0.0976. The van der Waals surface area contributed by atoms with Gasteiger partial charge >= 0.3 is 0 Å². The van der Waals surface area contributed by atoms with E-state index in [0.29, 0.717) is 18.0 Å². The molecule has 1 amide bonds. The third-order valence-electron chi connectivity index (χ3n) is 5.57. The molecule has 3 rings (SSSR count). The quantitative estimate of drug-likeness (QED) is 0.862. The van der Waals surface area contributed by atoms with Gasteiger partial charge in [-0.25, -0.2) is 0 Å². The first-order valence-electron chi connectivity index (χ1n) is 8.85. The average Bonchev–Trinajstić information content (AvgIpc) is 3.33. The maximum absolute atomic E-state index is 12.7. The van der Waals surface area contributed by atoms with Crippen LogP contribution in [-0.4, -0.2) is 18.0 Å². The molecule has 4 atom stereocenters. The van der Waals surface area contributed by atoms with Crippen LogP contribution >= 0.6 is 0 Å². The molecule has 22 heavy (non-hydrogen) atoms. The highest BCUT2D eigenvalue weighted by Crippen LogP contribution is 2.28. The Hall–Kier alpha value is -1.35. The van der Waals surface area contributed by atoms with Crippen molar-refractivity contribution in [2.45, 2.75) is 64.1 Å². The SMILES string of the molecule is C[C@H]1[C@@H]([NH2+][C@H](C(=O)NC2CC2)c2ccccc2)CCC[C@@H]1C. The summed E-state index contributed by atoms with van der Waals surface area (Å²) < 4.78 is 0. The lowest BCUT2D eigenvalue weighted by Crippen LogP contribution is -2.94. The summed E-state index contributed by atoms with van der Waals surface area (Å²) in [5.74, 6) is 1.63. The average molecular weight is 301 g/mol. The first-order chi connectivity index (χ1) is 10.6. The second-order valence-electron chi connectivity index (χ2n) is 7.29. The van der Waals surface area contributed by atoms with Crippen molar-refractivity contribution >= 4 is 5.91 Å². The zero-order chi connectivity index (χ0) is 15.5. The topological polar surface area (TPSA) is 45.7 Å². The summed E-state index contributed by atoms with van der Waals surface area (Å²) in [4.78, 5) is 12.7. The number of benzene rings is 1. The number of nitrogens with two attached hydrogens (primary N) is 1. The van der Waals surface area contributed by atoms with Gasteiger partial charge in [0.25, 0.3) is 5.91 Å². The van der Waals surface area contributed by atoms with Gasteiger partial charge in [-0.15, -0.1) is 0 Å². The summed E-state index contributed by atoms with van der Waals surface area (Å²) in [6, 6.07) is 11.1. The summed E-state index contributed by atoms with van der Waals surface area (Å²) in [7, 11) is 0. The maximum atomic E-state index is 12.7. The molecule has 0 bridgehead atoms. The van der Waals surface area contributed by atoms with E-state index >= 15 is 0 Å². The highest BCUT2D eigenvalue weighted by atomic mass is 16.2. The van der Waals surface area contributed by atoms with Crippen molar-refractivity contribution < 1.29 is 10.1 Å². The van der Waals surface area contributed by atoms with E-state index in [9.17, 15) is 4.79 Å². The summed E-state index contributed by atoms with van der Waals surface area (Å²) >= 11 is 0. The lowest BCUT2D eigenvalue weighted by molar-refractivity contribution is -0.724. The van der Waals surface area contributed by atoms with E-state index in [2.05, 4.69) is 36.6 Å². The molecule has 0 aliphatic heterocycles. The molecule has 3 N–H and O–H groups in total. The second-order valence-corrected chi connectivity index (χ2v) is 7.29. The van der Waals surface area contributed by atoms with Crippen molar-refractivity contribution in [3.05, 3.63) is 35.9 Å². The lowest BCUT2D eigenvalue weighted by Gasteiger charge is -2.34. The van der Waals surface area contributed by atoms with E-state index in [-0.39, 0.29) is 11.9 Å². The molecule has 1 aromatic carbocycles. The van der Waals surface area contributed by atoms with Gasteiger partial charge in [-0.3, -0.25) is 4.79 Å². The van der Waals surface area contributed by atoms with Gasteiger partial charge in [0.05, 0.1) is 6.04 Å². The Morgan fingerprint density at radius 3 is 2.55 bits per heavy atom. The highest BCUT2D eigenvalue weighted by Gasteiger charge is 2.36. The monoisotopic (exact) mass is 301 g/mol. The number of hydrogen-bond acceptors (Lipinski definition) is 1.